The van der Waals surface area contributed by atoms with Crippen molar-refractivity contribution in [1.29, 1.82) is 0 Å². The Morgan fingerprint density at radius 1 is 1.21 bits per heavy atom. The highest BCUT2D eigenvalue weighted by atomic mass is 16.6. The first kappa shape index (κ1) is 19.2. The highest BCUT2D eigenvalue weighted by molar-refractivity contribution is 5.98. The van der Waals surface area contributed by atoms with Crippen molar-refractivity contribution in [2.75, 3.05) is 20.3 Å². The number of ether oxygens (including phenoxy) is 1. The van der Waals surface area contributed by atoms with Crippen LogP contribution in [0, 0.1) is 10.1 Å². The van der Waals surface area contributed by atoms with Gasteiger partial charge in [-0.2, -0.15) is 0 Å². The Kier molecular flexibility index (Phi) is 5.75. The number of H-pyrrole nitrogens is 1. The second-order valence-electron chi connectivity index (χ2n) is 6.02. The van der Waals surface area contributed by atoms with Crippen LogP contribution in [0.4, 0.5) is 5.69 Å². The summed E-state index contributed by atoms with van der Waals surface area (Å²) in [5.74, 6) is -0.258. The molecule has 1 N–H and O–H groups in total. The van der Waals surface area contributed by atoms with Crippen molar-refractivity contribution in [3.63, 3.8) is 0 Å². The molecular formula is C19H18N4O5. The second kappa shape index (κ2) is 8.40. The summed E-state index contributed by atoms with van der Waals surface area (Å²) in [5, 5.41) is 11.7. The van der Waals surface area contributed by atoms with E-state index in [-0.39, 0.29) is 42.3 Å². The van der Waals surface area contributed by atoms with Crippen molar-refractivity contribution in [1.82, 2.24) is 14.9 Å². The van der Waals surface area contributed by atoms with Crippen molar-refractivity contribution in [3.05, 3.63) is 80.4 Å². The van der Waals surface area contributed by atoms with Crippen molar-refractivity contribution >= 4 is 22.5 Å². The number of hydrogen-bond donors (Lipinski definition) is 1. The van der Waals surface area contributed by atoms with Gasteiger partial charge in [-0.15, -0.1) is 0 Å². The van der Waals surface area contributed by atoms with Gasteiger partial charge in [-0.1, -0.05) is 24.3 Å². The molecule has 0 aliphatic rings. The highest BCUT2D eigenvalue weighted by Gasteiger charge is 2.25. The van der Waals surface area contributed by atoms with Gasteiger partial charge in [0, 0.05) is 19.7 Å². The maximum absolute atomic E-state index is 13.0. The lowest BCUT2D eigenvalue weighted by Crippen LogP contribution is -2.35. The Labute approximate surface area is 159 Å². The molecule has 3 aromatic rings. The Balaban J connectivity index is 1.96. The lowest BCUT2D eigenvalue weighted by Gasteiger charge is -2.22. The number of methoxy groups -OCH3 is 1. The fourth-order valence-corrected chi connectivity index (χ4v) is 2.83. The average Bonchev–Trinajstić information content (AvgIpc) is 2.70. The summed E-state index contributed by atoms with van der Waals surface area (Å²) in [6.07, 6.45) is 0. The zero-order chi connectivity index (χ0) is 20.1. The molecule has 0 spiro atoms. The van der Waals surface area contributed by atoms with Gasteiger partial charge in [0.25, 0.3) is 17.2 Å². The minimum atomic E-state index is -0.599. The molecule has 0 aliphatic carbocycles. The highest BCUT2D eigenvalue weighted by Crippen LogP contribution is 2.20. The standard InChI is InChI=1S/C19H18N4O5/c1-28-11-10-22(19(25)14-7-3-5-9-16(14)23(26)27)12-17-20-15-8-4-2-6-13(15)18(24)21-17/h2-9H,10-12H2,1H3,(H,20,21,24). The van der Waals surface area contributed by atoms with Gasteiger partial charge in [0.1, 0.15) is 11.4 Å². The summed E-state index contributed by atoms with van der Waals surface area (Å²) in [7, 11) is 1.49. The van der Waals surface area contributed by atoms with E-state index in [0.717, 1.165) is 0 Å². The van der Waals surface area contributed by atoms with Crippen LogP contribution in [0.15, 0.2) is 53.3 Å². The van der Waals surface area contributed by atoms with E-state index in [4.69, 9.17) is 4.74 Å². The van der Waals surface area contributed by atoms with Gasteiger partial charge in [-0.3, -0.25) is 19.7 Å². The van der Waals surface area contributed by atoms with Crippen LogP contribution in [-0.2, 0) is 11.3 Å². The molecule has 9 nitrogen and oxygen atoms in total. The van der Waals surface area contributed by atoms with Crippen LogP contribution in [-0.4, -0.2) is 46.0 Å². The van der Waals surface area contributed by atoms with Gasteiger partial charge < -0.3 is 14.6 Å². The van der Waals surface area contributed by atoms with Crippen LogP contribution in [0.3, 0.4) is 0 Å². The minimum absolute atomic E-state index is 0.0195. The SMILES string of the molecule is COCCN(Cc1nc2ccccc2c(=O)[nH]1)C(=O)c1ccccc1[N+](=O)[O-]. The Hall–Kier alpha value is -3.59. The normalized spacial score (nSPS) is 10.8. The molecule has 1 amide bonds. The quantitative estimate of drug-likeness (QED) is 0.494. The number of para-hydroxylation sites is 2. The van der Waals surface area contributed by atoms with E-state index < -0.39 is 10.8 Å². The van der Waals surface area contributed by atoms with Crippen LogP contribution in [0.5, 0.6) is 0 Å². The van der Waals surface area contributed by atoms with Gasteiger partial charge in [-0.25, -0.2) is 4.98 Å². The van der Waals surface area contributed by atoms with E-state index in [1.165, 1.54) is 30.2 Å². The van der Waals surface area contributed by atoms with Crippen LogP contribution >= 0.6 is 0 Å². The molecule has 1 aromatic heterocycles. The maximum Gasteiger partial charge on any atom is 0.282 e. The molecule has 0 saturated carbocycles. The molecule has 144 valence electrons. The fraction of sp³-hybridized carbons (Fsp3) is 0.211. The number of nitro groups is 1. The summed E-state index contributed by atoms with van der Waals surface area (Å²) in [5.41, 5.74) is -0.127. The van der Waals surface area contributed by atoms with Crippen LogP contribution < -0.4 is 5.56 Å². The number of aromatic nitrogens is 2. The number of benzene rings is 2. The molecule has 0 atom stereocenters. The Morgan fingerprint density at radius 2 is 1.93 bits per heavy atom. The third kappa shape index (κ3) is 4.04. The third-order valence-electron chi connectivity index (χ3n) is 4.19. The maximum atomic E-state index is 13.0. The number of rotatable bonds is 7. The number of amides is 1. The number of carbonyl (C=O) groups is 1. The summed E-state index contributed by atoms with van der Waals surface area (Å²) < 4.78 is 5.05. The summed E-state index contributed by atoms with van der Waals surface area (Å²) >= 11 is 0. The fourth-order valence-electron chi connectivity index (χ4n) is 2.83. The molecule has 0 bridgehead atoms. The number of hydrogen-bond acceptors (Lipinski definition) is 6. The first-order valence-electron chi connectivity index (χ1n) is 8.51. The molecule has 28 heavy (non-hydrogen) atoms. The third-order valence-corrected chi connectivity index (χ3v) is 4.19. The van der Waals surface area contributed by atoms with Gasteiger partial charge in [-0.05, 0) is 18.2 Å². The Bertz CT molecular complexity index is 1080. The molecule has 9 heteroatoms. The topological polar surface area (TPSA) is 118 Å². The number of nitro benzene ring substituents is 1. The first-order chi connectivity index (χ1) is 13.5. The first-order valence-corrected chi connectivity index (χ1v) is 8.51. The number of carbonyl (C=O) groups excluding carboxylic acids is 1. The average molecular weight is 382 g/mol. The lowest BCUT2D eigenvalue weighted by molar-refractivity contribution is -0.385. The van der Waals surface area contributed by atoms with Crippen LogP contribution in [0.1, 0.15) is 16.2 Å². The molecule has 0 fully saturated rings. The van der Waals surface area contributed by atoms with Crippen LogP contribution in [0.2, 0.25) is 0 Å². The van der Waals surface area contributed by atoms with Gasteiger partial charge >= 0.3 is 0 Å². The molecule has 0 saturated heterocycles. The number of nitrogens with one attached hydrogen (secondary N) is 1. The number of aromatic amines is 1. The van der Waals surface area contributed by atoms with Gasteiger partial charge in [0.2, 0.25) is 0 Å². The predicted octanol–water partition coefficient (Wildman–Crippen LogP) is 2.12. The van der Waals surface area contributed by atoms with E-state index in [0.29, 0.717) is 10.9 Å². The van der Waals surface area contributed by atoms with Crippen molar-refractivity contribution in [2.24, 2.45) is 0 Å². The Morgan fingerprint density at radius 3 is 2.68 bits per heavy atom. The zero-order valence-corrected chi connectivity index (χ0v) is 15.1. The number of fused-ring (bicyclic) bond motifs is 1. The summed E-state index contributed by atoms with van der Waals surface area (Å²) in [4.78, 5) is 44.3. The zero-order valence-electron chi connectivity index (χ0n) is 15.1. The molecule has 3 rings (SSSR count). The summed E-state index contributed by atoms with van der Waals surface area (Å²) in [6, 6.07) is 12.6. The molecule has 0 unspecified atom stereocenters. The van der Waals surface area contributed by atoms with E-state index >= 15 is 0 Å². The minimum Gasteiger partial charge on any atom is -0.383 e. The molecule has 2 aromatic carbocycles. The van der Waals surface area contributed by atoms with Crippen molar-refractivity contribution < 1.29 is 14.5 Å². The molecule has 0 radical (unpaired) electrons. The summed E-state index contributed by atoms with van der Waals surface area (Å²) in [6.45, 7) is 0.385. The molecular weight excluding hydrogens is 364 g/mol. The largest absolute Gasteiger partial charge is 0.383 e. The molecule has 1 heterocycles. The van der Waals surface area contributed by atoms with E-state index in [9.17, 15) is 19.7 Å². The smallest absolute Gasteiger partial charge is 0.282 e. The lowest BCUT2D eigenvalue weighted by atomic mass is 10.1. The van der Waals surface area contributed by atoms with E-state index in [1.54, 1.807) is 30.3 Å². The number of nitrogens with zero attached hydrogens (tertiary/aromatic N) is 3. The van der Waals surface area contributed by atoms with E-state index in [2.05, 4.69) is 9.97 Å². The predicted molar refractivity (Wildman–Crippen MR) is 102 cm³/mol. The van der Waals surface area contributed by atoms with Gasteiger partial charge in [0.15, 0.2) is 0 Å². The van der Waals surface area contributed by atoms with Crippen molar-refractivity contribution in [2.45, 2.75) is 6.54 Å². The second-order valence-corrected chi connectivity index (χ2v) is 6.02. The van der Waals surface area contributed by atoms with E-state index in [1.807, 2.05) is 0 Å². The molecule has 0 aliphatic heterocycles. The van der Waals surface area contributed by atoms with Gasteiger partial charge in [0.05, 0.1) is 29.0 Å². The van der Waals surface area contributed by atoms with Crippen LogP contribution in [0.25, 0.3) is 10.9 Å². The monoisotopic (exact) mass is 382 g/mol. The van der Waals surface area contributed by atoms with Crippen molar-refractivity contribution in [3.8, 4) is 0 Å².